The van der Waals surface area contributed by atoms with Crippen molar-refractivity contribution in [2.24, 2.45) is 4.99 Å². The predicted octanol–water partition coefficient (Wildman–Crippen LogP) is 3.48. The largest absolute Gasteiger partial charge is 0.487 e. The Kier molecular flexibility index (Phi) is 4.04. The first kappa shape index (κ1) is 15.8. The van der Waals surface area contributed by atoms with Crippen LogP contribution in [0.2, 0.25) is 0 Å². The van der Waals surface area contributed by atoms with E-state index in [0.717, 1.165) is 12.1 Å². The third-order valence-corrected chi connectivity index (χ3v) is 4.02. The molecular formula is C18H23FN2O2. The van der Waals surface area contributed by atoms with E-state index in [1.807, 2.05) is 19.2 Å². The molecule has 0 radical (unpaired) electrons. The maximum atomic E-state index is 14.2. The van der Waals surface area contributed by atoms with Crippen LogP contribution >= 0.6 is 0 Å². The van der Waals surface area contributed by atoms with E-state index in [9.17, 15) is 4.39 Å². The summed E-state index contributed by atoms with van der Waals surface area (Å²) < 4.78 is 25.6. The molecule has 0 amide bonds. The topological polar surface area (TPSA) is 34.1 Å². The van der Waals surface area contributed by atoms with Gasteiger partial charge in [-0.25, -0.2) is 9.38 Å². The highest BCUT2D eigenvalue weighted by Gasteiger charge is 2.31. The zero-order valence-corrected chi connectivity index (χ0v) is 14.1. The van der Waals surface area contributed by atoms with Crippen molar-refractivity contribution >= 4 is 6.02 Å². The highest BCUT2D eigenvalue weighted by Crippen LogP contribution is 2.27. The summed E-state index contributed by atoms with van der Waals surface area (Å²) in [5.41, 5.74) is 2.06. The summed E-state index contributed by atoms with van der Waals surface area (Å²) in [4.78, 5) is 6.33. The van der Waals surface area contributed by atoms with Gasteiger partial charge in [0.2, 0.25) is 0 Å². The number of rotatable bonds is 3. The number of fused-ring (bicyclic) bond motifs is 1. The second-order valence-electron chi connectivity index (χ2n) is 7.21. The molecule has 1 aromatic rings. The number of nitrogens with zero attached hydrogens (tertiary/aromatic N) is 2. The zero-order chi connectivity index (χ0) is 16.6. The third kappa shape index (κ3) is 3.49. The van der Waals surface area contributed by atoms with Gasteiger partial charge in [0, 0.05) is 12.7 Å². The minimum atomic E-state index is -0.331. The lowest BCUT2D eigenvalue weighted by Crippen LogP contribution is -2.30. The van der Waals surface area contributed by atoms with Crippen LogP contribution in [0.15, 0.2) is 35.0 Å². The first-order valence-corrected chi connectivity index (χ1v) is 7.91. The molecule has 1 fully saturated rings. The van der Waals surface area contributed by atoms with Gasteiger partial charge in [0.05, 0.1) is 6.54 Å². The molecule has 5 heteroatoms. The van der Waals surface area contributed by atoms with E-state index in [2.05, 4.69) is 30.7 Å². The summed E-state index contributed by atoms with van der Waals surface area (Å²) in [6, 6.07) is 5.79. The van der Waals surface area contributed by atoms with Crippen molar-refractivity contribution in [3.05, 3.63) is 41.4 Å². The molecule has 23 heavy (non-hydrogen) atoms. The van der Waals surface area contributed by atoms with E-state index in [4.69, 9.17) is 9.47 Å². The summed E-state index contributed by atoms with van der Waals surface area (Å²) in [5, 5.41) is 0. The molecule has 1 saturated heterocycles. The van der Waals surface area contributed by atoms with Crippen molar-refractivity contribution in [1.29, 1.82) is 0 Å². The van der Waals surface area contributed by atoms with Gasteiger partial charge in [0.1, 0.15) is 6.61 Å². The van der Waals surface area contributed by atoms with Gasteiger partial charge >= 0.3 is 0 Å². The van der Waals surface area contributed by atoms with Crippen LogP contribution in [0.4, 0.5) is 4.39 Å². The lowest BCUT2D eigenvalue weighted by molar-refractivity contribution is 0.143. The van der Waals surface area contributed by atoms with E-state index < -0.39 is 0 Å². The first-order valence-electron chi connectivity index (χ1n) is 7.91. The van der Waals surface area contributed by atoms with Gasteiger partial charge in [0.25, 0.3) is 6.02 Å². The van der Waals surface area contributed by atoms with Crippen LogP contribution in [0.5, 0.6) is 5.75 Å². The average molecular weight is 318 g/mol. The number of amidine groups is 1. The molecule has 1 atom stereocenters. The first-order chi connectivity index (χ1) is 10.8. The molecule has 2 aliphatic rings. The van der Waals surface area contributed by atoms with Crippen LogP contribution in [0.1, 0.15) is 33.3 Å². The van der Waals surface area contributed by atoms with Gasteiger partial charge in [-0.1, -0.05) is 26.8 Å². The SMILES string of the molecule is CC1=CN=C2O[C@H](COc3ccc(C(C)(C)C)cc3F)CN2C1. The van der Waals surface area contributed by atoms with Gasteiger partial charge in [-0.3, -0.25) is 0 Å². The van der Waals surface area contributed by atoms with Gasteiger partial charge in [-0.05, 0) is 35.6 Å². The molecular weight excluding hydrogens is 295 g/mol. The molecule has 0 bridgehead atoms. The minimum absolute atomic E-state index is 0.0834. The molecule has 0 spiro atoms. The molecule has 2 aliphatic heterocycles. The van der Waals surface area contributed by atoms with Crippen LogP contribution in [0.3, 0.4) is 0 Å². The van der Waals surface area contributed by atoms with E-state index in [-0.39, 0.29) is 23.1 Å². The van der Waals surface area contributed by atoms with E-state index in [0.29, 0.717) is 19.2 Å². The van der Waals surface area contributed by atoms with Gasteiger partial charge < -0.3 is 14.4 Å². The summed E-state index contributed by atoms with van der Waals surface area (Å²) in [7, 11) is 0. The van der Waals surface area contributed by atoms with Crippen molar-refractivity contribution in [1.82, 2.24) is 4.90 Å². The van der Waals surface area contributed by atoms with Crippen LogP contribution in [-0.2, 0) is 10.2 Å². The predicted molar refractivity (Wildman–Crippen MR) is 88.2 cm³/mol. The molecule has 0 aliphatic carbocycles. The fraction of sp³-hybridized carbons (Fsp3) is 0.500. The van der Waals surface area contributed by atoms with Crippen molar-refractivity contribution in [2.75, 3.05) is 19.7 Å². The Morgan fingerprint density at radius 2 is 2.17 bits per heavy atom. The Morgan fingerprint density at radius 3 is 2.87 bits per heavy atom. The third-order valence-electron chi connectivity index (χ3n) is 4.02. The van der Waals surface area contributed by atoms with Crippen LogP contribution < -0.4 is 4.74 Å². The zero-order valence-electron chi connectivity index (χ0n) is 14.1. The number of benzene rings is 1. The van der Waals surface area contributed by atoms with Crippen molar-refractivity contribution in [3.8, 4) is 5.75 Å². The van der Waals surface area contributed by atoms with E-state index in [1.54, 1.807) is 12.1 Å². The van der Waals surface area contributed by atoms with E-state index in [1.165, 1.54) is 5.57 Å². The molecule has 4 nitrogen and oxygen atoms in total. The Balaban J connectivity index is 1.60. The second-order valence-corrected chi connectivity index (χ2v) is 7.21. The number of hydrogen-bond acceptors (Lipinski definition) is 4. The fourth-order valence-electron chi connectivity index (χ4n) is 2.69. The van der Waals surface area contributed by atoms with Crippen LogP contribution in [0, 0.1) is 5.82 Å². The van der Waals surface area contributed by atoms with Crippen molar-refractivity contribution in [3.63, 3.8) is 0 Å². The van der Waals surface area contributed by atoms with Gasteiger partial charge in [-0.2, -0.15) is 0 Å². The summed E-state index contributed by atoms with van der Waals surface area (Å²) >= 11 is 0. The molecule has 3 rings (SSSR count). The Hall–Kier alpha value is -2.04. The lowest BCUT2D eigenvalue weighted by Gasteiger charge is -2.20. The molecule has 0 unspecified atom stereocenters. The monoisotopic (exact) mass is 318 g/mol. The molecule has 0 aromatic heterocycles. The van der Waals surface area contributed by atoms with Crippen molar-refractivity contribution < 1.29 is 13.9 Å². The molecule has 124 valence electrons. The standard InChI is InChI=1S/C18H23FN2O2/c1-12-8-20-17-21(9-12)10-14(23-17)11-22-16-6-5-13(7-15(16)19)18(2,3)4/h5-8,14H,9-11H2,1-4H3/t14-/m0/s1. The van der Waals surface area contributed by atoms with Gasteiger partial charge in [-0.15, -0.1) is 0 Å². The summed E-state index contributed by atoms with van der Waals surface area (Å²) in [5.74, 6) is -0.0642. The smallest absolute Gasteiger partial charge is 0.292 e. The lowest BCUT2D eigenvalue weighted by atomic mass is 9.87. The Morgan fingerprint density at radius 1 is 1.39 bits per heavy atom. The van der Waals surface area contributed by atoms with Crippen molar-refractivity contribution in [2.45, 2.75) is 39.2 Å². The normalized spacial score (nSPS) is 20.6. The number of halogens is 1. The molecule has 1 aromatic carbocycles. The maximum absolute atomic E-state index is 14.2. The van der Waals surface area contributed by atoms with Crippen LogP contribution in [0.25, 0.3) is 0 Å². The second kappa shape index (κ2) is 5.87. The maximum Gasteiger partial charge on any atom is 0.292 e. The quantitative estimate of drug-likeness (QED) is 0.856. The number of hydrogen-bond donors (Lipinski definition) is 0. The minimum Gasteiger partial charge on any atom is -0.487 e. The number of aliphatic imine (C=N–C) groups is 1. The highest BCUT2D eigenvalue weighted by atomic mass is 19.1. The average Bonchev–Trinajstić information content (AvgIpc) is 2.86. The van der Waals surface area contributed by atoms with Gasteiger partial charge in [0.15, 0.2) is 17.7 Å². The van der Waals surface area contributed by atoms with E-state index >= 15 is 0 Å². The number of ether oxygens (including phenoxy) is 2. The van der Waals surface area contributed by atoms with Crippen LogP contribution in [-0.4, -0.2) is 36.7 Å². The highest BCUT2D eigenvalue weighted by molar-refractivity contribution is 5.77. The molecule has 2 heterocycles. The molecule has 0 saturated carbocycles. The Bertz CT molecular complexity index is 661. The Labute approximate surface area is 136 Å². The summed E-state index contributed by atoms with van der Waals surface area (Å²) in [6.07, 6.45) is 1.69. The summed E-state index contributed by atoms with van der Waals surface area (Å²) in [6.45, 7) is 10.1. The molecule has 0 N–H and O–H groups in total. The fourth-order valence-corrected chi connectivity index (χ4v) is 2.69.